The zero-order chi connectivity index (χ0) is 18.7. The Morgan fingerprint density at radius 3 is 2.58 bits per heavy atom. The van der Waals surface area contributed by atoms with E-state index in [1.165, 1.54) is 6.07 Å². The Bertz CT molecular complexity index is 964. The Labute approximate surface area is 150 Å². The molecule has 7 heteroatoms. The molecule has 0 spiro atoms. The Kier molecular flexibility index (Phi) is 4.79. The molecule has 1 amide bonds. The van der Waals surface area contributed by atoms with E-state index in [1.54, 1.807) is 29.8 Å². The first kappa shape index (κ1) is 17.3. The highest BCUT2D eigenvalue weighted by Gasteiger charge is 2.16. The Morgan fingerprint density at radius 1 is 1.15 bits per heavy atom. The fourth-order valence-corrected chi connectivity index (χ4v) is 2.66. The molecule has 3 aromatic rings. The van der Waals surface area contributed by atoms with Crippen LogP contribution in [0.4, 0.5) is 11.5 Å². The van der Waals surface area contributed by atoms with E-state index < -0.39 is 10.8 Å². The van der Waals surface area contributed by atoms with E-state index in [9.17, 15) is 14.9 Å². The number of hydrogen-bond acceptors (Lipinski definition) is 4. The topological polar surface area (TPSA) is 90.1 Å². The van der Waals surface area contributed by atoms with Crippen LogP contribution >= 0.6 is 0 Å². The second-order valence-corrected chi connectivity index (χ2v) is 6.03. The molecule has 0 radical (unpaired) electrons. The molecule has 2 aromatic carbocycles. The zero-order valence-electron chi connectivity index (χ0n) is 14.5. The number of aryl methyl sites for hydroxylation is 2. The van der Waals surface area contributed by atoms with Gasteiger partial charge < -0.3 is 5.32 Å². The minimum Gasteiger partial charge on any atom is -0.307 e. The molecule has 0 atom stereocenters. The van der Waals surface area contributed by atoms with Crippen LogP contribution < -0.4 is 5.32 Å². The van der Waals surface area contributed by atoms with Gasteiger partial charge in [-0.25, -0.2) is 4.68 Å². The lowest BCUT2D eigenvalue weighted by molar-refractivity contribution is -0.385. The Hall–Kier alpha value is -3.48. The molecule has 1 N–H and O–H groups in total. The van der Waals surface area contributed by atoms with Crippen LogP contribution in [-0.4, -0.2) is 20.6 Å². The third kappa shape index (κ3) is 3.77. The van der Waals surface area contributed by atoms with Crippen molar-refractivity contribution in [3.05, 3.63) is 87.1 Å². The van der Waals surface area contributed by atoms with Gasteiger partial charge in [-0.3, -0.25) is 14.9 Å². The molecule has 132 valence electrons. The van der Waals surface area contributed by atoms with Gasteiger partial charge in [-0.2, -0.15) is 5.10 Å². The highest BCUT2D eigenvalue weighted by Crippen LogP contribution is 2.21. The number of benzene rings is 2. The summed E-state index contributed by atoms with van der Waals surface area (Å²) in [6.07, 6.45) is 0. The summed E-state index contributed by atoms with van der Waals surface area (Å²) >= 11 is 0. The fourth-order valence-electron chi connectivity index (χ4n) is 2.66. The number of aromatic nitrogens is 2. The summed E-state index contributed by atoms with van der Waals surface area (Å²) in [6.45, 7) is 3.99. The van der Waals surface area contributed by atoms with E-state index in [-0.39, 0.29) is 11.3 Å². The predicted molar refractivity (Wildman–Crippen MR) is 98.3 cm³/mol. The number of nitro groups is 1. The number of carbonyl (C=O) groups is 1. The lowest BCUT2D eigenvalue weighted by atomic mass is 10.1. The lowest BCUT2D eigenvalue weighted by Gasteiger charge is -2.09. The zero-order valence-corrected chi connectivity index (χ0v) is 14.5. The maximum atomic E-state index is 12.5. The van der Waals surface area contributed by atoms with Gasteiger partial charge in [-0.05, 0) is 25.5 Å². The van der Waals surface area contributed by atoms with Crippen LogP contribution in [-0.2, 0) is 6.54 Å². The van der Waals surface area contributed by atoms with Crippen molar-refractivity contribution in [3.63, 3.8) is 0 Å². The van der Waals surface area contributed by atoms with Gasteiger partial charge in [0, 0.05) is 23.3 Å². The molecule has 1 heterocycles. The van der Waals surface area contributed by atoms with Gasteiger partial charge in [-0.15, -0.1) is 0 Å². The molecule has 3 rings (SSSR count). The average molecular weight is 350 g/mol. The van der Waals surface area contributed by atoms with Gasteiger partial charge in [0.05, 0.1) is 17.2 Å². The van der Waals surface area contributed by atoms with Crippen LogP contribution in [0.15, 0.2) is 54.6 Å². The molecule has 0 aliphatic heterocycles. The summed E-state index contributed by atoms with van der Waals surface area (Å²) in [5, 5.41) is 18.3. The highest BCUT2D eigenvalue weighted by atomic mass is 16.6. The molecule has 0 saturated heterocycles. The van der Waals surface area contributed by atoms with Crippen molar-refractivity contribution in [2.45, 2.75) is 20.4 Å². The molecule has 26 heavy (non-hydrogen) atoms. The van der Waals surface area contributed by atoms with Crippen molar-refractivity contribution in [2.24, 2.45) is 0 Å². The molecule has 0 saturated carbocycles. The number of anilines is 1. The minimum absolute atomic E-state index is 0.0772. The molecule has 1 aromatic heterocycles. The number of hydrogen-bond donors (Lipinski definition) is 1. The first-order valence-corrected chi connectivity index (χ1v) is 8.09. The largest absolute Gasteiger partial charge is 0.307 e. The van der Waals surface area contributed by atoms with Gasteiger partial charge in [0.15, 0.2) is 0 Å². The maximum absolute atomic E-state index is 12.5. The number of nitrogens with one attached hydrogen (secondary N) is 1. The standard InChI is InChI=1S/C19H18N4O3/c1-13-8-9-16(11-17(13)23(25)26)19(24)20-18-10-14(2)21-22(18)12-15-6-4-3-5-7-15/h3-11H,12H2,1-2H3,(H,20,24). The molecule has 0 aliphatic rings. The van der Waals surface area contributed by atoms with Gasteiger partial charge in [-0.1, -0.05) is 36.4 Å². The minimum atomic E-state index is -0.490. The van der Waals surface area contributed by atoms with Crippen LogP contribution in [0.25, 0.3) is 0 Å². The molecular formula is C19H18N4O3. The molecule has 0 unspecified atom stereocenters. The Balaban J connectivity index is 1.84. The van der Waals surface area contributed by atoms with Gasteiger partial charge in [0.1, 0.15) is 5.82 Å². The number of nitrogens with zero attached hydrogens (tertiary/aromatic N) is 3. The third-order valence-electron chi connectivity index (χ3n) is 3.99. The fraction of sp³-hybridized carbons (Fsp3) is 0.158. The van der Waals surface area contributed by atoms with Crippen LogP contribution in [0.2, 0.25) is 0 Å². The van der Waals surface area contributed by atoms with Crippen molar-refractivity contribution < 1.29 is 9.72 Å². The summed E-state index contributed by atoms with van der Waals surface area (Å²) in [7, 11) is 0. The number of carbonyl (C=O) groups excluding carboxylic acids is 1. The van der Waals surface area contributed by atoms with Gasteiger partial charge in [0.2, 0.25) is 0 Å². The number of nitro benzene ring substituents is 1. The lowest BCUT2D eigenvalue weighted by Crippen LogP contribution is -2.16. The number of rotatable bonds is 5. The van der Waals surface area contributed by atoms with Crippen molar-refractivity contribution in [1.82, 2.24) is 9.78 Å². The first-order chi connectivity index (χ1) is 12.4. The van der Waals surface area contributed by atoms with E-state index in [0.717, 1.165) is 11.3 Å². The van der Waals surface area contributed by atoms with Crippen LogP contribution in [0.3, 0.4) is 0 Å². The van der Waals surface area contributed by atoms with E-state index in [2.05, 4.69) is 10.4 Å². The maximum Gasteiger partial charge on any atom is 0.273 e. The van der Waals surface area contributed by atoms with E-state index in [4.69, 9.17) is 0 Å². The van der Waals surface area contributed by atoms with E-state index in [1.807, 2.05) is 37.3 Å². The monoisotopic (exact) mass is 350 g/mol. The molecule has 0 bridgehead atoms. The van der Waals surface area contributed by atoms with Crippen molar-refractivity contribution >= 4 is 17.4 Å². The van der Waals surface area contributed by atoms with Crippen molar-refractivity contribution in [2.75, 3.05) is 5.32 Å². The second kappa shape index (κ2) is 7.18. The van der Waals surface area contributed by atoms with Crippen LogP contribution in [0.1, 0.15) is 27.2 Å². The summed E-state index contributed by atoms with van der Waals surface area (Å²) in [6, 6.07) is 16.0. The van der Waals surface area contributed by atoms with E-state index in [0.29, 0.717) is 17.9 Å². The quantitative estimate of drug-likeness (QED) is 0.561. The van der Waals surface area contributed by atoms with Crippen LogP contribution in [0, 0.1) is 24.0 Å². The Morgan fingerprint density at radius 2 is 1.88 bits per heavy atom. The second-order valence-electron chi connectivity index (χ2n) is 6.03. The first-order valence-electron chi connectivity index (χ1n) is 8.09. The van der Waals surface area contributed by atoms with Crippen molar-refractivity contribution in [3.8, 4) is 0 Å². The highest BCUT2D eigenvalue weighted by molar-refractivity contribution is 6.04. The summed E-state index contributed by atoms with van der Waals surface area (Å²) in [5.41, 5.74) is 2.48. The molecule has 0 fully saturated rings. The molecule has 0 aliphatic carbocycles. The average Bonchev–Trinajstić information content (AvgIpc) is 2.94. The van der Waals surface area contributed by atoms with E-state index >= 15 is 0 Å². The van der Waals surface area contributed by atoms with Crippen LogP contribution in [0.5, 0.6) is 0 Å². The van der Waals surface area contributed by atoms with Gasteiger partial charge in [0.25, 0.3) is 11.6 Å². The summed E-state index contributed by atoms with van der Waals surface area (Å²) < 4.78 is 1.70. The van der Waals surface area contributed by atoms with Crippen molar-refractivity contribution in [1.29, 1.82) is 0 Å². The molecule has 7 nitrogen and oxygen atoms in total. The number of amides is 1. The summed E-state index contributed by atoms with van der Waals surface area (Å²) in [5.74, 6) is 0.127. The molecular weight excluding hydrogens is 332 g/mol. The predicted octanol–water partition coefficient (Wildman–Crippen LogP) is 3.71. The normalized spacial score (nSPS) is 10.5. The smallest absolute Gasteiger partial charge is 0.273 e. The van der Waals surface area contributed by atoms with Gasteiger partial charge >= 0.3 is 0 Å². The SMILES string of the molecule is Cc1cc(NC(=O)c2ccc(C)c([N+](=O)[O-])c2)n(Cc2ccccc2)n1. The third-order valence-corrected chi connectivity index (χ3v) is 3.99. The summed E-state index contributed by atoms with van der Waals surface area (Å²) in [4.78, 5) is 23.1.